The average Bonchev–Trinajstić information content (AvgIpc) is 2.22. The molecule has 0 aliphatic carbocycles. The predicted octanol–water partition coefficient (Wildman–Crippen LogP) is 3.74. The number of halogens is 1. The smallest absolute Gasteiger partial charge is 0.164 e. The van der Waals surface area contributed by atoms with Crippen molar-refractivity contribution in [3.05, 3.63) is 33.8 Å². The molecule has 0 bridgehead atoms. The van der Waals surface area contributed by atoms with E-state index in [4.69, 9.17) is 6.42 Å². The molecule has 0 fully saturated rings. The molecule has 15 heavy (non-hydrogen) atoms. The molecule has 0 unspecified atom stereocenters. The summed E-state index contributed by atoms with van der Waals surface area (Å²) < 4.78 is 0.860. The summed E-state index contributed by atoms with van der Waals surface area (Å²) in [5.41, 5.74) is 1.85. The second kappa shape index (κ2) is 5.72. The second-order valence-corrected chi connectivity index (χ2v) is 4.32. The van der Waals surface area contributed by atoms with Crippen LogP contribution in [0.25, 0.3) is 0 Å². The van der Waals surface area contributed by atoms with Crippen molar-refractivity contribution in [2.45, 2.75) is 26.2 Å². The molecule has 1 aromatic carbocycles. The fraction of sp³-hybridized carbons (Fsp3) is 0.308. The largest absolute Gasteiger partial charge is 0.294 e. The van der Waals surface area contributed by atoms with Gasteiger partial charge in [0.05, 0.1) is 0 Å². The lowest BCUT2D eigenvalue weighted by Crippen LogP contribution is -2.00. The Bertz CT molecular complexity index is 401. The van der Waals surface area contributed by atoms with Crippen LogP contribution in [0.2, 0.25) is 0 Å². The lowest BCUT2D eigenvalue weighted by atomic mass is 10.0. The summed E-state index contributed by atoms with van der Waals surface area (Å²) in [5.74, 6) is 2.69. The molecule has 0 aromatic heterocycles. The molecular weight excluding hydrogens is 252 g/mol. The summed E-state index contributed by atoms with van der Waals surface area (Å²) in [6.07, 6.45) is 7.08. The Morgan fingerprint density at radius 3 is 2.93 bits per heavy atom. The highest BCUT2D eigenvalue weighted by atomic mass is 79.9. The fourth-order valence-corrected chi connectivity index (χ4v) is 1.81. The van der Waals surface area contributed by atoms with Crippen molar-refractivity contribution in [2.75, 3.05) is 0 Å². The average molecular weight is 265 g/mol. The number of Topliss-reactive ketones (excluding diaryl/α,β-unsaturated/α-hetero) is 1. The Balaban J connectivity index is 2.73. The number of unbranched alkanes of at least 4 members (excludes halogenated alkanes) is 1. The van der Waals surface area contributed by atoms with E-state index < -0.39 is 0 Å². The number of aryl methyl sites for hydroxylation is 1. The van der Waals surface area contributed by atoms with Gasteiger partial charge in [-0.05, 0) is 25.5 Å². The van der Waals surface area contributed by atoms with Crippen LogP contribution < -0.4 is 0 Å². The minimum Gasteiger partial charge on any atom is -0.294 e. The van der Waals surface area contributed by atoms with Crippen molar-refractivity contribution in [2.24, 2.45) is 0 Å². The number of carbonyl (C=O) groups is 1. The Morgan fingerprint density at radius 1 is 1.53 bits per heavy atom. The Kier molecular flexibility index (Phi) is 4.58. The number of terminal acetylenes is 1. The van der Waals surface area contributed by atoms with Gasteiger partial charge < -0.3 is 0 Å². The van der Waals surface area contributed by atoms with Crippen LogP contribution in [0.3, 0.4) is 0 Å². The normalized spacial score (nSPS) is 9.67. The molecule has 0 N–H and O–H groups in total. The van der Waals surface area contributed by atoms with Gasteiger partial charge >= 0.3 is 0 Å². The molecule has 0 saturated carbocycles. The number of rotatable bonds is 4. The van der Waals surface area contributed by atoms with Gasteiger partial charge in [0, 0.05) is 22.9 Å². The van der Waals surface area contributed by atoms with E-state index in [0.29, 0.717) is 12.8 Å². The molecule has 0 spiro atoms. The molecule has 0 amide bonds. The van der Waals surface area contributed by atoms with E-state index in [1.165, 1.54) is 0 Å². The summed E-state index contributed by atoms with van der Waals surface area (Å²) in [7, 11) is 0. The predicted molar refractivity (Wildman–Crippen MR) is 65.9 cm³/mol. The van der Waals surface area contributed by atoms with Gasteiger partial charge in [-0.3, -0.25) is 4.79 Å². The van der Waals surface area contributed by atoms with Crippen LogP contribution in [0.15, 0.2) is 22.7 Å². The van der Waals surface area contributed by atoms with E-state index in [1.807, 2.05) is 25.1 Å². The first-order valence-electron chi connectivity index (χ1n) is 4.88. The molecule has 1 nitrogen and oxygen atoms in total. The lowest BCUT2D eigenvalue weighted by Gasteiger charge is -2.04. The summed E-state index contributed by atoms with van der Waals surface area (Å²) in [6, 6.07) is 5.79. The fourth-order valence-electron chi connectivity index (χ4n) is 1.34. The van der Waals surface area contributed by atoms with Crippen LogP contribution in [0.4, 0.5) is 0 Å². The van der Waals surface area contributed by atoms with Gasteiger partial charge in [0.25, 0.3) is 0 Å². The van der Waals surface area contributed by atoms with Gasteiger partial charge in [0.15, 0.2) is 5.78 Å². The van der Waals surface area contributed by atoms with Crippen molar-refractivity contribution >= 4 is 21.7 Å². The first-order chi connectivity index (χ1) is 7.15. The highest BCUT2D eigenvalue weighted by molar-refractivity contribution is 9.10. The number of hydrogen-bond donors (Lipinski definition) is 0. The van der Waals surface area contributed by atoms with Crippen LogP contribution in [0, 0.1) is 19.3 Å². The number of hydrogen-bond acceptors (Lipinski definition) is 1. The molecule has 1 rings (SSSR count). The number of benzene rings is 1. The molecule has 0 aliphatic heterocycles. The van der Waals surface area contributed by atoms with Crippen molar-refractivity contribution < 1.29 is 4.79 Å². The van der Waals surface area contributed by atoms with Crippen LogP contribution in [-0.4, -0.2) is 5.78 Å². The zero-order chi connectivity index (χ0) is 11.3. The first-order valence-corrected chi connectivity index (χ1v) is 5.67. The first kappa shape index (κ1) is 12.0. The summed E-state index contributed by atoms with van der Waals surface area (Å²) in [6.45, 7) is 1.98. The van der Waals surface area contributed by atoms with Gasteiger partial charge in [0.2, 0.25) is 0 Å². The highest BCUT2D eigenvalue weighted by Gasteiger charge is 2.09. The topological polar surface area (TPSA) is 17.1 Å². The van der Waals surface area contributed by atoms with Crippen molar-refractivity contribution in [1.29, 1.82) is 0 Å². The molecule has 0 atom stereocenters. The number of carbonyl (C=O) groups excluding carboxylic acids is 1. The van der Waals surface area contributed by atoms with Gasteiger partial charge in [-0.15, -0.1) is 12.3 Å². The lowest BCUT2D eigenvalue weighted by molar-refractivity contribution is 0.0980. The van der Waals surface area contributed by atoms with Crippen LogP contribution >= 0.6 is 15.9 Å². The third-order valence-corrected chi connectivity index (χ3v) is 2.84. The zero-order valence-electron chi connectivity index (χ0n) is 8.72. The van der Waals surface area contributed by atoms with E-state index in [1.54, 1.807) is 0 Å². The Hall–Kier alpha value is -1.07. The van der Waals surface area contributed by atoms with Crippen molar-refractivity contribution in [3.63, 3.8) is 0 Å². The van der Waals surface area contributed by atoms with Crippen LogP contribution in [0.5, 0.6) is 0 Å². The maximum atomic E-state index is 11.8. The van der Waals surface area contributed by atoms with Gasteiger partial charge in [-0.2, -0.15) is 0 Å². The molecule has 2 heteroatoms. The standard InChI is InChI=1S/C13H13BrO/c1-3-4-5-6-13(15)11-9-10(2)7-8-12(11)14/h1,7-9H,4-6H2,2H3. The molecule has 0 heterocycles. The van der Waals surface area contributed by atoms with Crippen LogP contribution in [-0.2, 0) is 0 Å². The SMILES string of the molecule is C#CCCCC(=O)c1cc(C)ccc1Br. The molecule has 0 saturated heterocycles. The Morgan fingerprint density at radius 2 is 2.27 bits per heavy atom. The van der Waals surface area contributed by atoms with E-state index in [2.05, 4.69) is 21.9 Å². The summed E-state index contributed by atoms with van der Waals surface area (Å²) in [4.78, 5) is 11.8. The van der Waals surface area contributed by atoms with Gasteiger partial charge in [0.1, 0.15) is 0 Å². The van der Waals surface area contributed by atoms with E-state index in [0.717, 1.165) is 22.0 Å². The van der Waals surface area contributed by atoms with E-state index in [-0.39, 0.29) is 5.78 Å². The summed E-state index contributed by atoms with van der Waals surface area (Å²) >= 11 is 3.38. The molecule has 0 radical (unpaired) electrons. The highest BCUT2D eigenvalue weighted by Crippen LogP contribution is 2.20. The van der Waals surface area contributed by atoms with Gasteiger partial charge in [-0.1, -0.05) is 27.6 Å². The quantitative estimate of drug-likeness (QED) is 0.460. The van der Waals surface area contributed by atoms with Gasteiger partial charge in [-0.25, -0.2) is 0 Å². The molecular formula is C13H13BrO. The van der Waals surface area contributed by atoms with Crippen molar-refractivity contribution in [3.8, 4) is 12.3 Å². The third kappa shape index (κ3) is 3.53. The number of ketones is 1. The maximum Gasteiger partial charge on any atom is 0.164 e. The molecule has 0 aliphatic rings. The Labute approximate surface area is 99.0 Å². The second-order valence-electron chi connectivity index (χ2n) is 3.46. The molecule has 78 valence electrons. The maximum absolute atomic E-state index is 11.8. The minimum absolute atomic E-state index is 0.154. The zero-order valence-corrected chi connectivity index (χ0v) is 10.3. The van der Waals surface area contributed by atoms with Crippen LogP contribution in [0.1, 0.15) is 35.2 Å². The summed E-state index contributed by atoms with van der Waals surface area (Å²) in [5, 5.41) is 0. The monoisotopic (exact) mass is 264 g/mol. The van der Waals surface area contributed by atoms with E-state index >= 15 is 0 Å². The third-order valence-electron chi connectivity index (χ3n) is 2.15. The molecule has 1 aromatic rings. The minimum atomic E-state index is 0.154. The van der Waals surface area contributed by atoms with Crippen molar-refractivity contribution in [1.82, 2.24) is 0 Å². The van der Waals surface area contributed by atoms with E-state index in [9.17, 15) is 4.79 Å².